The number of thioether (sulfide) groups is 2. The second kappa shape index (κ2) is 9.57. The van der Waals surface area contributed by atoms with Gasteiger partial charge in [-0.3, -0.25) is 9.59 Å². The first-order valence-electron chi connectivity index (χ1n) is 8.65. The third-order valence-corrected chi connectivity index (χ3v) is 5.73. The number of anilines is 2. The second-order valence-corrected chi connectivity index (χ2v) is 8.44. The van der Waals surface area contributed by atoms with Crippen LogP contribution in [0.3, 0.4) is 0 Å². The fourth-order valence-electron chi connectivity index (χ4n) is 2.83. The van der Waals surface area contributed by atoms with Gasteiger partial charge in [0, 0.05) is 21.2 Å². The smallest absolute Gasteiger partial charge is 0.288 e. The van der Waals surface area contributed by atoms with Crippen LogP contribution in [0.5, 0.6) is 0 Å². The maximum atomic E-state index is 12.4. The fraction of sp³-hybridized carbons (Fsp3) is 0.200. The molecule has 0 unspecified atom stereocenters. The predicted molar refractivity (Wildman–Crippen MR) is 110 cm³/mol. The molecule has 3 rings (SSSR count). The van der Waals surface area contributed by atoms with Gasteiger partial charge in [0.1, 0.15) is 0 Å². The zero-order valence-corrected chi connectivity index (χ0v) is 16.9. The largest absolute Gasteiger partial charge is 0.326 e. The molecule has 2 N–H and O–H groups in total. The van der Waals surface area contributed by atoms with Crippen LogP contribution in [-0.4, -0.2) is 23.3 Å². The van der Waals surface area contributed by atoms with Crippen LogP contribution >= 0.6 is 23.5 Å². The minimum absolute atomic E-state index is 0.369. The summed E-state index contributed by atoms with van der Waals surface area (Å²) in [6.07, 6.45) is 0. The lowest BCUT2D eigenvalue weighted by Gasteiger charge is -2.07. The predicted octanol–water partition coefficient (Wildman–Crippen LogP) is 5.70. The molecule has 0 aliphatic heterocycles. The molecule has 158 valence electrons. The Morgan fingerprint density at radius 1 is 0.733 bits per heavy atom. The Hall–Kier alpha value is -2.46. The normalized spacial score (nSPS) is 17.9. The Labute approximate surface area is 178 Å². The number of halogens is 4. The van der Waals surface area contributed by atoms with Crippen molar-refractivity contribution in [3.63, 3.8) is 0 Å². The molecule has 0 saturated heterocycles. The van der Waals surface area contributed by atoms with Crippen molar-refractivity contribution in [1.82, 2.24) is 0 Å². The summed E-state index contributed by atoms with van der Waals surface area (Å²) < 4.78 is 49.4. The first-order chi connectivity index (χ1) is 14.2. The number of amides is 2. The van der Waals surface area contributed by atoms with E-state index in [2.05, 4.69) is 17.2 Å². The number of hydrogen-bond donors (Lipinski definition) is 2. The topological polar surface area (TPSA) is 58.2 Å². The third kappa shape index (κ3) is 5.79. The number of alkyl halides is 4. The van der Waals surface area contributed by atoms with Gasteiger partial charge >= 0.3 is 0 Å². The molecule has 0 radical (unpaired) electrons. The van der Waals surface area contributed by atoms with Crippen molar-refractivity contribution < 1.29 is 27.2 Å². The Balaban J connectivity index is 1.54. The van der Waals surface area contributed by atoms with E-state index in [1.54, 1.807) is 0 Å². The second-order valence-electron chi connectivity index (χ2n) is 6.31. The van der Waals surface area contributed by atoms with E-state index in [1.165, 1.54) is 48.5 Å². The minimum Gasteiger partial charge on any atom is -0.326 e. The maximum Gasteiger partial charge on any atom is 0.288 e. The van der Waals surface area contributed by atoms with Crippen LogP contribution in [-0.2, 0) is 9.59 Å². The van der Waals surface area contributed by atoms with Crippen LogP contribution in [0.25, 0.3) is 0 Å². The number of carbonyl (C=O) groups is 2. The lowest BCUT2D eigenvalue weighted by Crippen LogP contribution is -2.20. The number of hydrogen-bond acceptors (Lipinski definition) is 4. The zero-order chi connectivity index (χ0) is 21.8. The summed E-state index contributed by atoms with van der Waals surface area (Å²) in [5.41, 5.74) is 1.30. The van der Waals surface area contributed by atoms with Gasteiger partial charge in [-0.1, -0.05) is 35.7 Å². The highest BCUT2D eigenvalue weighted by Crippen LogP contribution is 2.45. The molecule has 0 bridgehead atoms. The van der Waals surface area contributed by atoms with Gasteiger partial charge in [0.05, 0.1) is 11.8 Å². The first-order valence-corrected chi connectivity index (χ1v) is 10.4. The lowest BCUT2D eigenvalue weighted by atomic mass is 10.2. The minimum atomic E-state index is -2.53. The molecule has 10 heteroatoms. The third-order valence-electron chi connectivity index (χ3n) is 4.28. The molecule has 0 heterocycles. The summed E-state index contributed by atoms with van der Waals surface area (Å²) in [5, 5.41) is 5.28. The molecule has 2 atom stereocenters. The number of benzene rings is 2. The van der Waals surface area contributed by atoms with E-state index in [9.17, 15) is 27.2 Å². The molecule has 1 fully saturated rings. The molecule has 2 amide bonds. The summed E-state index contributed by atoms with van der Waals surface area (Å²) in [6.45, 7) is 3.75. The summed E-state index contributed by atoms with van der Waals surface area (Å²) in [4.78, 5) is 25.6. The SMILES string of the molecule is C=C1[C@H](C(=O)Nc2ccc(SC(F)F)cc2)[C@H]1C(=O)Nc1ccc(SC(F)F)cc1. The molecule has 30 heavy (non-hydrogen) atoms. The van der Waals surface area contributed by atoms with Crippen LogP contribution in [0.4, 0.5) is 28.9 Å². The average Bonchev–Trinajstić information content (AvgIpc) is 3.35. The van der Waals surface area contributed by atoms with Crippen LogP contribution in [0.15, 0.2) is 70.5 Å². The summed E-state index contributed by atoms with van der Waals surface area (Å²) in [7, 11) is 0. The van der Waals surface area contributed by atoms with E-state index < -0.39 is 35.2 Å². The van der Waals surface area contributed by atoms with E-state index in [-0.39, 0.29) is 0 Å². The first kappa shape index (κ1) is 22.2. The number of nitrogens with one attached hydrogen (secondary N) is 2. The Morgan fingerprint density at radius 3 is 1.37 bits per heavy atom. The van der Waals surface area contributed by atoms with Crippen LogP contribution in [0, 0.1) is 11.8 Å². The molecule has 4 nitrogen and oxygen atoms in total. The van der Waals surface area contributed by atoms with Gasteiger partial charge in [0.2, 0.25) is 11.8 Å². The quantitative estimate of drug-likeness (QED) is 0.304. The van der Waals surface area contributed by atoms with Crippen molar-refractivity contribution in [3.8, 4) is 0 Å². The summed E-state index contributed by atoms with van der Waals surface area (Å²) in [5.74, 6) is -7.30. The van der Waals surface area contributed by atoms with Crippen molar-refractivity contribution >= 4 is 46.7 Å². The van der Waals surface area contributed by atoms with Crippen molar-refractivity contribution in [2.75, 3.05) is 10.6 Å². The van der Waals surface area contributed by atoms with Crippen molar-refractivity contribution in [2.45, 2.75) is 21.3 Å². The van der Waals surface area contributed by atoms with Gasteiger partial charge < -0.3 is 10.6 Å². The molecule has 0 spiro atoms. The van der Waals surface area contributed by atoms with E-state index >= 15 is 0 Å². The molecule has 0 aromatic heterocycles. The van der Waals surface area contributed by atoms with E-state index in [1.807, 2.05) is 0 Å². The highest BCUT2D eigenvalue weighted by molar-refractivity contribution is 7.99. The van der Waals surface area contributed by atoms with E-state index in [4.69, 9.17) is 0 Å². The lowest BCUT2D eigenvalue weighted by molar-refractivity contribution is -0.122. The standard InChI is InChI=1S/C20H16F4N2O2S2/c1-10-15(17(27)25-11-2-6-13(7-3-11)29-19(21)22)16(10)18(28)26-12-4-8-14(9-5-12)30-20(23)24/h2-9,15-16,19-20H,1H2,(H,25,27)(H,26,28)/t15-,16-/m0/s1. The van der Waals surface area contributed by atoms with Gasteiger partial charge in [-0.2, -0.15) is 17.6 Å². The van der Waals surface area contributed by atoms with Gasteiger partial charge in [0.25, 0.3) is 11.5 Å². The Morgan fingerprint density at radius 2 is 1.07 bits per heavy atom. The maximum absolute atomic E-state index is 12.4. The fourth-order valence-corrected chi connectivity index (χ4v) is 3.83. The highest BCUT2D eigenvalue weighted by atomic mass is 32.2. The van der Waals surface area contributed by atoms with Crippen molar-refractivity contribution in [2.24, 2.45) is 11.8 Å². The molecule has 1 saturated carbocycles. The van der Waals surface area contributed by atoms with Gasteiger partial charge in [-0.15, -0.1) is 0 Å². The Bertz CT molecular complexity index is 861. The highest BCUT2D eigenvalue weighted by Gasteiger charge is 2.52. The van der Waals surface area contributed by atoms with E-state index in [0.29, 0.717) is 50.3 Å². The van der Waals surface area contributed by atoms with Crippen LogP contribution < -0.4 is 10.6 Å². The number of rotatable bonds is 8. The van der Waals surface area contributed by atoms with Gasteiger partial charge in [-0.25, -0.2) is 0 Å². The molecule has 2 aromatic carbocycles. The van der Waals surface area contributed by atoms with Crippen LogP contribution in [0.1, 0.15) is 0 Å². The van der Waals surface area contributed by atoms with Gasteiger partial charge in [0.15, 0.2) is 0 Å². The van der Waals surface area contributed by atoms with E-state index in [0.717, 1.165) is 0 Å². The molecular formula is C20H16F4N2O2S2. The molecule has 1 aliphatic carbocycles. The number of carbonyl (C=O) groups excluding carboxylic acids is 2. The van der Waals surface area contributed by atoms with Crippen molar-refractivity contribution in [3.05, 3.63) is 60.7 Å². The zero-order valence-electron chi connectivity index (χ0n) is 15.3. The van der Waals surface area contributed by atoms with Crippen molar-refractivity contribution in [1.29, 1.82) is 0 Å². The van der Waals surface area contributed by atoms with Crippen LogP contribution in [0.2, 0.25) is 0 Å². The molecule has 2 aromatic rings. The molecule has 1 aliphatic rings. The Kier molecular flexibility index (Phi) is 7.09. The molecular weight excluding hydrogens is 440 g/mol. The van der Waals surface area contributed by atoms with Gasteiger partial charge in [-0.05, 0) is 48.5 Å². The average molecular weight is 456 g/mol. The summed E-state index contributed by atoms with van der Waals surface area (Å²) >= 11 is 0.805. The summed E-state index contributed by atoms with van der Waals surface area (Å²) in [6, 6.07) is 11.9. The monoisotopic (exact) mass is 456 g/mol.